The number of ether oxygens (including phenoxy) is 1. The van der Waals surface area contributed by atoms with Crippen molar-refractivity contribution in [3.63, 3.8) is 0 Å². The van der Waals surface area contributed by atoms with Crippen LogP contribution in [-0.4, -0.2) is 47.8 Å². The lowest BCUT2D eigenvalue weighted by molar-refractivity contribution is -0.384. The number of nitrogens with one attached hydrogen (secondary N) is 2. The molecule has 2 aromatic carbocycles. The summed E-state index contributed by atoms with van der Waals surface area (Å²) >= 11 is 11.6. The molecule has 0 bridgehead atoms. The fourth-order valence-corrected chi connectivity index (χ4v) is 3.42. The van der Waals surface area contributed by atoms with Gasteiger partial charge in [0, 0.05) is 31.8 Å². The van der Waals surface area contributed by atoms with E-state index in [1.165, 1.54) is 18.2 Å². The molecule has 1 aliphatic heterocycles. The minimum absolute atomic E-state index is 0.0447. The zero-order valence-electron chi connectivity index (χ0n) is 15.1. The summed E-state index contributed by atoms with van der Waals surface area (Å²) in [5.41, 5.74) is 1.44. The van der Waals surface area contributed by atoms with Gasteiger partial charge < -0.3 is 15.4 Å². The van der Waals surface area contributed by atoms with Gasteiger partial charge >= 0.3 is 0 Å². The van der Waals surface area contributed by atoms with Gasteiger partial charge in [0.2, 0.25) is 0 Å². The predicted molar refractivity (Wildman–Crippen MR) is 114 cm³/mol. The second-order valence-corrected chi connectivity index (χ2v) is 7.21. The molecule has 2 aromatic rings. The number of morpholine rings is 1. The van der Waals surface area contributed by atoms with Gasteiger partial charge in [-0.25, -0.2) is 0 Å². The van der Waals surface area contributed by atoms with Crippen molar-refractivity contribution in [1.29, 1.82) is 0 Å². The monoisotopic (exact) mass is 420 g/mol. The third kappa shape index (κ3) is 5.62. The molecular weight excluding hydrogens is 400 g/mol. The molecule has 1 heterocycles. The van der Waals surface area contributed by atoms with Gasteiger partial charge in [-0.15, -0.1) is 0 Å². The molecule has 1 atom stereocenters. The van der Waals surface area contributed by atoms with Gasteiger partial charge in [-0.3, -0.25) is 15.0 Å². The maximum Gasteiger partial charge on any atom is 0.271 e. The number of nitro groups is 1. The summed E-state index contributed by atoms with van der Waals surface area (Å²) in [5, 5.41) is 18.0. The molecule has 0 aliphatic carbocycles. The van der Waals surface area contributed by atoms with Crippen LogP contribution in [0.25, 0.3) is 0 Å². The molecule has 0 spiro atoms. The largest absolute Gasteiger partial charge is 0.379 e. The predicted octanol–water partition coefficient (Wildman–Crippen LogP) is 3.61. The number of hydrogen-bond acceptors (Lipinski definition) is 5. The highest BCUT2D eigenvalue weighted by atomic mass is 35.5. The molecular formula is C19H21ClN4O3S. The molecule has 0 amide bonds. The fraction of sp³-hybridized carbons (Fsp3) is 0.316. The molecule has 0 saturated carbocycles. The van der Waals surface area contributed by atoms with Crippen LogP contribution in [0.2, 0.25) is 5.02 Å². The Bertz CT molecular complexity index is 831. The molecule has 28 heavy (non-hydrogen) atoms. The number of halogens is 1. The number of benzene rings is 2. The Morgan fingerprint density at radius 2 is 1.96 bits per heavy atom. The summed E-state index contributed by atoms with van der Waals surface area (Å²) in [4.78, 5) is 12.9. The first kappa shape index (κ1) is 20.5. The van der Waals surface area contributed by atoms with E-state index in [2.05, 4.69) is 15.5 Å². The molecule has 1 saturated heterocycles. The Kier molecular flexibility index (Phi) is 7.16. The third-order valence-corrected chi connectivity index (χ3v) is 5.01. The van der Waals surface area contributed by atoms with Gasteiger partial charge in [0.05, 0.1) is 34.9 Å². The van der Waals surface area contributed by atoms with Gasteiger partial charge in [-0.1, -0.05) is 41.9 Å². The van der Waals surface area contributed by atoms with E-state index in [1.54, 1.807) is 0 Å². The van der Waals surface area contributed by atoms with E-state index in [4.69, 9.17) is 28.6 Å². The first-order valence-electron chi connectivity index (χ1n) is 8.89. The zero-order valence-corrected chi connectivity index (χ0v) is 16.7. The quantitative estimate of drug-likeness (QED) is 0.419. The second kappa shape index (κ2) is 9.79. The smallest absolute Gasteiger partial charge is 0.271 e. The van der Waals surface area contributed by atoms with E-state index in [1.807, 2.05) is 30.3 Å². The summed E-state index contributed by atoms with van der Waals surface area (Å²) in [7, 11) is 0. The molecule has 3 rings (SSSR count). The number of rotatable bonds is 6. The molecule has 1 fully saturated rings. The van der Waals surface area contributed by atoms with Crippen molar-refractivity contribution >= 4 is 40.3 Å². The van der Waals surface area contributed by atoms with Crippen molar-refractivity contribution in [3.05, 3.63) is 69.2 Å². The highest BCUT2D eigenvalue weighted by Gasteiger charge is 2.20. The van der Waals surface area contributed by atoms with Gasteiger partial charge in [-0.05, 0) is 23.8 Å². The van der Waals surface area contributed by atoms with Crippen LogP contribution in [0, 0.1) is 10.1 Å². The summed E-state index contributed by atoms with van der Waals surface area (Å²) in [6.07, 6.45) is 0. The van der Waals surface area contributed by atoms with Gasteiger partial charge in [0.1, 0.15) is 0 Å². The van der Waals surface area contributed by atoms with Crippen LogP contribution in [0.15, 0.2) is 48.5 Å². The Hall–Kier alpha value is -2.26. The van der Waals surface area contributed by atoms with Gasteiger partial charge in [0.25, 0.3) is 5.69 Å². The zero-order chi connectivity index (χ0) is 19.9. The van der Waals surface area contributed by atoms with E-state index in [9.17, 15) is 10.1 Å². The van der Waals surface area contributed by atoms with Crippen LogP contribution in [0.3, 0.4) is 0 Å². The van der Waals surface area contributed by atoms with E-state index >= 15 is 0 Å². The van der Waals surface area contributed by atoms with Crippen LogP contribution < -0.4 is 10.6 Å². The van der Waals surface area contributed by atoms with Crippen molar-refractivity contribution in [1.82, 2.24) is 10.2 Å². The Morgan fingerprint density at radius 1 is 1.25 bits per heavy atom. The van der Waals surface area contributed by atoms with E-state index < -0.39 is 4.92 Å². The number of nitrogens with zero attached hydrogens (tertiary/aromatic N) is 2. The average Bonchev–Trinajstić information content (AvgIpc) is 2.70. The maximum atomic E-state index is 11.0. The summed E-state index contributed by atoms with van der Waals surface area (Å²) in [6, 6.07) is 14.2. The number of hydrogen-bond donors (Lipinski definition) is 2. The van der Waals surface area contributed by atoms with Crippen LogP contribution >= 0.6 is 23.8 Å². The summed E-state index contributed by atoms with van der Waals surface area (Å²) in [5.74, 6) is 0. The standard InChI is InChI=1S/C19H21ClN4O3S/c20-16-7-6-15(24(25)26)12-17(16)21-19(28)22-18(14-4-2-1-3-5-14)13-23-8-10-27-11-9-23/h1-7,12,18H,8-11,13H2,(H2,21,22,28)/t18-/m0/s1. The van der Waals surface area contributed by atoms with Crippen molar-refractivity contribution in [2.75, 3.05) is 38.2 Å². The highest BCUT2D eigenvalue weighted by molar-refractivity contribution is 7.80. The third-order valence-electron chi connectivity index (χ3n) is 4.46. The lowest BCUT2D eigenvalue weighted by Gasteiger charge is -2.31. The van der Waals surface area contributed by atoms with Crippen LogP contribution in [0.1, 0.15) is 11.6 Å². The summed E-state index contributed by atoms with van der Waals surface area (Å²) < 4.78 is 5.42. The van der Waals surface area contributed by atoms with Crippen LogP contribution in [-0.2, 0) is 4.74 Å². The van der Waals surface area contributed by atoms with E-state index in [0.717, 1.165) is 25.2 Å². The first-order valence-corrected chi connectivity index (χ1v) is 9.68. The lowest BCUT2D eigenvalue weighted by Crippen LogP contribution is -2.44. The SMILES string of the molecule is O=[N+]([O-])c1ccc(Cl)c(NC(=S)N[C@@H](CN2CCOCC2)c2ccccc2)c1. The van der Waals surface area contributed by atoms with Crippen molar-refractivity contribution < 1.29 is 9.66 Å². The highest BCUT2D eigenvalue weighted by Crippen LogP contribution is 2.27. The minimum Gasteiger partial charge on any atom is -0.379 e. The average molecular weight is 421 g/mol. The van der Waals surface area contributed by atoms with E-state index in [-0.39, 0.29) is 11.7 Å². The first-order chi connectivity index (χ1) is 13.5. The number of anilines is 1. The van der Waals surface area contributed by atoms with Crippen molar-refractivity contribution in [3.8, 4) is 0 Å². The van der Waals surface area contributed by atoms with Crippen molar-refractivity contribution in [2.45, 2.75) is 6.04 Å². The minimum atomic E-state index is -0.469. The second-order valence-electron chi connectivity index (χ2n) is 6.40. The Morgan fingerprint density at radius 3 is 2.64 bits per heavy atom. The molecule has 0 unspecified atom stereocenters. The maximum absolute atomic E-state index is 11.0. The topological polar surface area (TPSA) is 79.7 Å². The summed E-state index contributed by atoms with van der Waals surface area (Å²) in [6.45, 7) is 3.92. The fourth-order valence-electron chi connectivity index (χ4n) is 3.00. The molecule has 0 aromatic heterocycles. The normalized spacial score (nSPS) is 15.6. The molecule has 1 aliphatic rings. The van der Waals surface area contributed by atoms with E-state index in [0.29, 0.717) is 29.0 Å². The van der Waals surface area contributed by atoms with Crippen LogP contribution in [0.5, 0.6) is 0 Å². The molecule has 9 heteroatoms. The molecule has 7 nitrogen and oxygen atoms in total. The van der Waals surface area contributed by atoms with Gasteiger partial charge in [-0.2, -0.15) is 0 Å². The Labute approximate surface area is 173 Å². The molecule has 2 N–H and O–H groups in total. The van der Waals surface area contributed by atoms with Crippen molar-refractivity contribution in [2.24, 2.45) is 0 Å². The van der Waals surface area contributed by atoms with Gasteiger partial charge in [0.15, 0.2) is 5.11 Å². The molecule has 148 valence electrons. The number of nitro benzene ring substituents is 1. The van der Waals surface area contributed by atoms with Crippen LogP contribution in [0.4, 0.5) is 11.4 Å². The molecule has 0 radical (unpaired) electrons. The lowest BCUT2D eigenvalue weighted by atomic mass is 10.1. The number of non-ortho nitro benzene ring substituents is 1. The number of thiocarbonyl (C=S) groups is 1. The Balaban J connectivity index is 1.72.